The summed E-state index contributed by atoms with van der Waals surface area (Å²) in [7, 11) is 0. The number of nitrogens with zero attached hydrogens (tertiary/aromatic N) is 2. The second-order valence-corrected chi connectivity index (χ2v) is 4.93. The fraction of sp³-hybridized carbons (Fsp3) is 0.417. The van der Waals surface area contributed by atoms with E-state index in [9.17, 15) is 20.3 Å². The van der Waals surface area contributed by atoms with Crippen molar-refractivity contribution in [2.45, 2.75) is 19.9 Å². The number of aliphatic hydroxyl groups excluding tert-OH is 1. The summed E-state index contributed by atoms with van der Waals surface area (Å²) in [4.78, 5) is 10.1. The van der Waals surface area contributed by atoms with Gasteiger partial charge >= 0.3 is 5.69 Å². The maximum atomic E-state index is 10.8. The molecule has 0 unspecified atom stereocenters. The van der Waals surface area contributed by atoms with Crippen LogP contribution in [0.3, 0.4) is 0 Å². The molecule has 20 heavy (non-hydrogen) atoms. The number of nitriles is 1. The number of aliphatic hydroxyl groups is 1. The zero-order valence-corrected chi connectivity index (χ0v) is 11.8. The van der Waals surface area contributed by atoms with Gasteiger partial charge in [0.05, 0.1) is 16.6 Å². The molecule has 1 aromatic carbocycles. The van der Waals surface area contributed by atoms with E-state index in [-0.39, 0.29) is 30.1 Å². The molecule has 0 aliphatic rings. The molecular weight excluding hydrogens is 286 g/mol. The van der Waals surface area contributed by atoms with E-state index in [1.165, 1.54) is 6.07 Å². The number of rotatable bonds is 4. The lowest BCUT2D eigenvalue weighted by Gasteiger charge is -2.30. The van der Waals surface area contributed by atoms with Crippen molar-refractivity contribution < 1.29 is 15.1 Å². The molecule has 1 aromatic rings. The maximum absolute atomic E-state index is 10.8. The molecule has 0 fully saturated rings. The van der Waals surface area contributed by atoms with Gasteiger partial charge in [0.2, 0.25) is 0 Å². The monoisotopic (exact) mass is 301 g/mol. The highest BCUT2D eigenvalue weighted by Crippen LogP contribution is 2.40. The van der Waals surface area contributed by atoms with Gasteiger partial charge in [-0.2, -0.15) is 5.26 Å². The second-order valence-electron chi connectivity index (χ2n) is 4.93. The zero-order valence-electron chi connectivity index (χ0n) is 11.0. The summed E-state index contributed by atoms with van der Waals surface area (Å²) < 4.78 is 0. The Morgan fingerprint density at radius 1 is 1.55 bits per heavy atom. The van der Waals surface area contributed by atoms with Crippen LogP contribution < -0.4 is 5.73 Å². The van der Waals surface area contributed by atoms with Crippen molar-refractivity contribution >= 4 is 18.1 Å². The Balaban J connectivity index is 0.00000361. The smallest absolute Gasteiger partial charge is 0.312 e. The summed E-state index contributed by atoms with van der Waals surface area (Å²) in [6.45, 7) is 3.04. The van der Waals surface area contributed by atoms with Crippen LogP contribution in [0.4, 0.5) is 5.69 Å². The normalized spacial score (nSPS) is 12.2. The number of nitro groups is 1. The summed E-state index contributed by atoms with van der Waals surface area (Å²) in [5.41, 5.74) is 4.67. The van der Waals surface area contributed by atoms with E-state index in [2.05, 4.69) is 0 Å². The first kappa shape index (κ1) is 18.1. The lowest BCUT2D eigenvalue weighted by atomic mass is 9.81. The predicted molar refractivity (Wildman–Crippen MR) is 74.5 cm³/mol. The fourth-order valence-electron chi connectivity index (χ4n) is 1.60. The molecule has 8 heteroatoms. The molecule has 1 rings (SSSR count). The molecule has 0 aromatic heterocycles. The van der Waals surface area contributed by atoms with Gasteiger partial charge in [0.15, 0.2) is 5.75 Å². The molecule has 0 saturated heterocycles. The fourth-order valence-corrected chi connectivity index (χ4v) is 1.60. The first-order valence-electron chi connectivity index (χ1n) is 5.52. The number of hydrogen-bond acceptors (Lipinski definition) is 6. The topological polar surface area (TPSA) is 133 Å². The van der Waals surface area contributed by atoms with E-state index < -0.39 is 27.8 Å². The molecule has 110 valence electrons. The van der Waals surface area contributed by atoms with Crippen LogP contribution in [0, 0.1) is 26.9 Å². The molecule has 0 bridgehead atoms. The molecule has 0 spiro atoms. The van der Waals surface area contributed by atoms with E-state index in [1.54, 1.807) is 19.9 Å². The summed E-state index contributed by atoms with van der Waals surface area (Å²) >= 11 is 0. The largest absolute Gasteiger partial charge is 0.502 e. The molecule has 0 heterocycles. The van der Waals surface area contributed by atoms with Gasteiger partial charge in [-0.1, -0.05) is 13.8 Å². The molecule has 0 aliphatic carbocycles. The van der Waals surface area contributed by atoms with Gasteiger partial charge in [-0.15, -0.1) is 12.4 Å². The molecular formula is C12H16ClN3O4. The van der Waals surface area contributed by atoms with Crippen molar-refractivity contribution in [1.82, 2.24) is 0 Å². The van der Waals surface area contributed by atoms with Gasteiger partial charge in [-0.05, 0) is 6.07 Å². The molecule has 7 nitrogen and oxygen atoms in total. The van der Waals surface area contributed by atoms with Crippen LogP contribution in [0.5, 0.6) is 5.75 Å². The van der Waals surface area contributed by atoms with Crippen molar-refractivity contribution in [3.63, 3.8) is 0 Å². The molecule has 1 atom stereocenters. The number of benzene rings is 1. The van der Waals surface area contributed by atoms with Crippen molar-refractivity contribution in [2.24, 2.45) is 11.1 Å². The van der Waals surface area contributed by atoms with Crippen LogP contribution >= 0.6 is 12.4 Å². The first-order chi connectivity index (χ1) is 8.74. The van der Waals surface area contributed by atoms with Crippen molar-refractivity contribution in [3.05, 3.63) is 33.4 Å². The highest BCUT2D eigenvalue weighted by Gasteiger charge is 2.32. The first-order valence-corrected chi connectivity index (χ1v) is 5.52. The van der Waals surface area contributed by atoms with Crippen molar-refractivity contribution in [2.75, 3.05) is 6.61 Å². The Bertz CT molecular complexity index is 554. The second kappa shape index (κ2) is 6.52. The number of phenols is 1. The Labute approximate surface area is 122 Å². The lowest BCUT2D eigenvalue weighted by Crippen LogP contribution is -2.32. The summed E-state index contributed by atoms with van der Waals surface area (Å²) in [6.07, 6.45) is 0. The third-order valence-corrected chi connectivity index (χ3v) is 3.03. The molecule has 4 N–H and O–H groups in total. The van der Waals surface area contributed by atoms with E-state index in [4.69, 9.17) is 11.0 Å². The number of nitrogens with two attached hydrogens (primary N) is 1. The van der Waals surface area contributed by atoms with Crippen LogP contribution in [0.2, 0.25) is 0 Å². The van der Waals surface area contributed by atoms with Crippen LogP contribution in [0.25, 0.3) is 0 Å². The van der Waals surface area contributed by atoms with Gasteiger partial charge in [-0.3, -0.25) is 10.1 Å². The van der Waals surface area contributed by atoms with Crippen molar-refractivity contribution in [3.8, 4) is 11.8 Å². The highest BCUT2D eigenvalue weighted by molar-refractivity contribution is 5.85. The number of phenolic OH excluding ortho intramolecular Hbond substituents is 1. The molecule has 0 aliphatic heterocycles. The molecule has 0 radical (unpaired) electrons. The maximum Gasteiger partial charge on any atom is 0.312 e. The molecule has 0 amide bonds. The van der Waals surface area contributed by atoms with Crippen LogP contribution in [-0.2, 0) is 0 Å². The Kier molecular flexibility index (Phi) is 5.91. The van der Waals surface area contributed by atoms with Crippen LogP contribution in [-0.4, -0.2) is 21.7 Å². The van der Waals surface area contributed by atoms with E-state index in [0.29, 0.717) is 0 Å². The third kappa shape index (κ3) is 3.36. The van der Waals surface area contributed by atoms with Gasteiger partial charge in [0.25, 0.3) is 0 Å². The predicted octanol–water partition coefficient (Wildman–Crippen LogP) is 1.61. The van der Waals surface area contributed by atoms with Gasteiger partial charge in [0, 0.05) is 29.7 Å². The average Bonchev–Trinajstić information content (AvgIpc) is 2.37. The van der Waals surface area contributed by atoms with Gasteiger partial charge in [0.1, 0.15) is 0 Å². The minimum atomic E-state index is -0.843. The Hall–Kier alpha value is -1.88. The minimum Gasteiger partial charge on any atom is -0.502 e. The summed E-state index contributed by atoms with van der Waals surface area (Å²) in [5.74, 6) is -0.571. The van der Waals surface area contributed by atoms with Crippen molar-refractivity contribution in [1.29, 1.82) is 5.26 Å². The molecule has 0 saturated carbocycles. The van der Waals surface area contributed by atoms with Gasteiger partial charge < -0.3 is 15.9 Å². The Morgan fingerprint density at radius 2 is 2.10 bits per heavy atom. The van der Waals surface area contributed by atoms with E-state index in [0.717, 1.165) is 6.07 Å². The standard InChI is InChI=1S/C12H15N3O4.ClH/c1-12(2,6-16)11(14)8-3-7(5-13)4-9(10(8)17)15(18)19;/h3-4,11,16-17H,6,14H2,1-2H3;1H/t11-;/m1./s1. The van der Waals surface area contributed by atoms with Crippen LogP contribution in [0.1, 0.15) is 31.0 Å². The minimum absolute atomic E-state index is 0. The summed E-state index contributed by atoms with van der Waals surface area (Å²) in [6, 6.07) is 3.22. The zero-order chi connectivity index (χ0) is 14.8. The van der Waals surface area contributed by atoms with E-state index >= 15 is 0 Å². The SMILES string of the molecule is CC(C)(CO)[C@H](N)c1cc(C#N)cc([N+](=O)[O-])c1O.Cl. The average molecular weight is 302 g/mol. The lowest BCUT2D eigenvalue weighted by molar-refractivity contribution is -0.386. The van der Waals surface area contributed by atoms with Gasteiger partial charge in [-0.25, -0.2) is 0 Å². The number of nitro benzene ring substituents is 1. The van der Waals surface area contributed by atoms with E-state index in [1.807, 2.05) is 0 Å². The number of hydrogen-bond donors (Lipinski definition) is 3. The highest BCUT2D eigenvalue weighted by atomic mass is 35.5. The summed E-state index contributed by atoms with van der Waals surface area (Å²) in [5, 5.41) is 38.8. The number of aromatic hydroxyl groups is 1. The number of halogens is 1. The van der Waals surface area contributed by atoms with Crippen LogP contribution in [0.15, 0.2) is 12.1 Å². The quantitative estimate of drug-likeness (QED) is 0.571. The third-order valence-electron chi connectivity index (χ3n) is 3.03. The Morgan fingerprint density at radius 3 is 2.50 bits per heavy atom.